The van der Waals surface area contributed by atoms with Crippen LogP contribution in [0.2, 0.25) is 0 Å². The molecule has 0 aliphatic carbocycles. The van der Waals surface area contributed by atoms with E-state index in [0.29, 0.717) is 12.2 Å². The summed E-state index contributed by atoms with van der Waals surface area (Å²) in [4.78, 5) is 11.7. The monoisotopic (exact) mass is 331 g/mol. The largest absolute Gasteiger partial charge is 0.466 e. The lowest BCUT2D eigenvalue weighted by Gasteiger charge is -2.31. The van der Waals surface area contributed by atoms with Crippen molar-refractivity contribution in [1.82, 2.24) is 5.32 Å². The van der Waals surface area contributed by atoms with Crippen molar-refractivity contribution >= 4 is 5.97 Å². The maximum absolute atomic E-state index is 12.7. The van der Waals surface area contributed by atoms with Crippen LogP contribution in [0.15, 0.2) is 24.3 Å². The topological polar surface area (TPSA) is 38.3 Å². The molecule has 0 aliphatic heterocycles. The number of esters is 1. The van der Waals surface area contributed by atoms with Gasteiger partial charge in [-0.3, -0.25) is 4.79 Å². The number of nitrogens with one attached hydrogen (secondary N) is 1. The Morgan fingerprint density at radius 2 is 1.91 bits per heavy atom. The van der Waals surface area contributed by atoms with Crippen molar-refractivity contribution in [2.75, 3.05) is 6.61 Å². The van der Waals surface area contributed by atoms with Crippen molar-refractivity contribution in [3.05, 3.63) is 35.4 Å². The van der Waals surface area contributed by atoms with Gasteiger partial charge in [0.1, 0.15) is 0 Å². The molecule has 130 valence electrons. The fourth-order valence-electron chi connectivity index (χ4n) is 2.17. The molecule has 3 nitrogen and oxygen atoms in total. The van der Waals surface area contributed by atoms with Crippen molar-refractivity contribution in [1.29, 1.82) is 0 Å². The van der Waals surface area contributed by atoms with Gasteiger partial charge < -0.3 is 10.1 Å². The Morgan fingerprint density at radius 1 is 1.26 bits per heavy atom. The molecule has 23 heavy (non-hydrogen) atoms. The second-order valence-electron chi connectivity index (χ2n) is 6.51. The van der Waals surface area contributed by atoms with Crippen molar-refractivity contribution in [2.45, 2.75) is 52.9 Å². The van der Waals surface area contributed by atoms with Crippen LogP contribution in [0.5, 0.6) is 0 Å². The summed E-state index contributed by atoms with van der Waals surface area (Å²) < 4.78 is 43.1. The standard InChI is InChI=1S/C17H24F3NO2/c1-5-23-15(22)10-14(16(2,3)4)21-11-12-7-6-8-13(9-12)17(18,19)20/h6-9,14,21H,5,10-11H2,1-4H3. The van der Waals surface area contributed by atoms with Gasteiger partial charge in [0.2, 0.25) is 0 Å². The number of halogens is 3. The van der Waals surface area contributed by atoms with Gasteiger partial charge in [0.25, 0.3) is 0 Å². The van der Waals surface area contributed by atoms with E-state index in [-0.39, 0.29) is 30.4 Å². The van der Waals surface area contributed by atoms with Crippen molar-refractivity contribution in [3.8, 4) is 0 Å². The highest BCUT2D eigenvalue weighted by atomic mass is 19.4. The smallest absolute Gasteiger partial charge is 0.416 e. The molecule has 6 heteroatoms. The summed E-state index contributed by atoms with van der Waals surface area (Å²) in [5, 5.41) is 3.18. The normalized spacial score (nSPS) is 13.7. The molecule has 1 unspecified atom stereocenters. The molecule has 0 saturated heterocycles. The van der Waals surface area contributed by atoms with E-state index >= 15 is 0 Å². The molecule has 0 fully saturated rings. The van der Waals surface area contributed by atoms with Crippen LogP contribution in [0, 0.1) is 5.41 Å². The quantitative estimate of drug-likeness (QED) is 0.795. The van der Waals surface area contributed by atoms with E-state index < -0.39 is 11.7 Å². The summed E-state index contributed by atoms with van der Waals surface area (Å²) in [7, 11) is 0. The molecular formula is C17H24F3NO2. The van der Waals surface area contributed by atoms with Gasteiger partial charge in [-0.2, -0.15) is 13.2 Å². The molecule has 0 radical (unpaired) electrons. The first-order valence-corrected chi connectivity index (χ1v) is 7.59. The average molecular weight is 331 g/mol. The van der Waals surface area contributed by atoms with Crippen LogP contribution in [0.3, 0.4) is 0 Å². The highest BCUT2D eigenvalue weighted by molar-refractivity contribution is 5.70. The highest BCUT2D eigenvalue weighted by Crippen LogP contribution is 2.29. The first-order valence-electron chi connectivity index (χ1n) is 7.59. The Balaban J connectivity index is 2.77. The summed E-state index contributed by atoms with van der Waals surface area (Å²) >= 11 is 0. The molecule has 0 heterocycles. The Morgan fingerprint density at radius 3 is 2.43 bits per heavy atom. The number of carbonyl (C=O) groups excluding carboxylic acids is 1. The lowest BCUT2D eigenvalue weighted by Crippen LogP contribution is -2.41. The molecule has 0 aromatic heterocycles. The predicted octanol–water partition coefficient (Wildman–Crippen LogP) is 4.16. The van der Waals surface area contributed by atoms with Crippen LogP contribution in [-0.4, -0.2) is 18.6 Å². The number of alkyl halides is 3. The lowest BCUT2D eigenvalue weighted by molar-refractivity contribution is -0.144. The summed E-state index contributed by atoms with van der Waals surface area (Å²) in [6, 6.07) is 4.99. The van der Waals surface area contributed by atoms with E-state index in [2.05, 4.69) is 5.32 Å². The molecule has 0 saturated carbocycles. The van der Waals surface area contributed by atoms with Crippen LogP contribution in [0.25, 0.3) is 0 Å². The maximum atomic E-state index is 12.7. The van der Waals surface area contributed by atoms with Gasteiger partial charge in [-0.25, -0.2) is 0 Å². The zero-order valence-electron chi connectivity index (χ0n) is 14.0. The highest BCUT2D eigenvalue weighted by Gasteiger charge is 2.31. The minimum atomic E-state index is -4.36. The Kier molecular flexibility index (Phi) is 6.62. The van der Waals surface area contributed by atoms with Crippen LogP contribution in [-0.2, 0) is 22.3 Å². The van der Waals surface area contributed by atoms with E-state index in [0.717, 1.165) is 12.1 Å². The summed E-state index contributed by atoms with van der Waals surface area (Å²) in [5.74, 6) is -0.316. The molecule has 0 aliphatic rings. The second kappa shape index (κ2) is 7.81. The van der Waals surface area contributed by atoms with Crippen LogP contribution in [0.4, 0.5) is 13.2 Å². The number of ether oxygens (including phenoxy) is 1. The molecule has 1 aromatic carbocycles. The minimum absolute atomic E-state index is 0.177. The first-order chi connectivity index (χ1) is 10.5. The van der Waals surface area contributed by atoms with Crippen molar-refractivity contribution in [3.63, 3.8) is 0 Å². The number of hydrogen-bond acceptors (Lipinski definition) is 3. The number of carbonyl (C=O) groups is 1. The van der Waals surface area contributed by atoms with Crippen LogP contribution < -0.4 is 5.32 Å². The van der Waals surface area contributed by atoms with E-state index in [1.54, 1.807) is 13.0 Å². The molecule has 1 aromatic rings. The second-order valence-corrected chi connectivity index (χ2v) is 6.51. The van der Waals surface area contributed by atoms with Crippen molar-refractivity contribution < 1.29 is 22.7 Å². The summed E-state index contributed by atoms with van der Waals surface area (Å²) in [5.41, 5.74) is -0.374. The van der Waals surface area contributed by atoms with E-state index in [9.17, 15) is 18.0 Å². The van der Waals surface area contributed by atoms with Gasteiger partial charge in [0.15, 0.2) is 0 Å². The summed E-state index contributed by atoms with van der Waals surface area (Å²) in [6.45, 7) is 8.21. The van der Waals surface area contributed by atoms with E-state index in [1.807, 2.05) is 20.8 Å². The third-order valence-electron chi connectivity index (χ3n) is 3.53. The molecule has 0 spiro atoms. The Labute approximate surface area is 135 Å². The maximum Gasteiger partial charge on any atom is 0.416 e. The Bertz CT molecular complexity index is 521. The van der Waals surface area contributed by atoms with Crippen LogP contribution in [0.1, 0.15) is 45.2 Å². The van der Waals surface area contributed by atoms with Crippen LogP contribution >= 0.6 is 0 Å². The third-order valence-corrected chi connectivity index (χ3v) is 3.53. The molecule has 0 amide bonds. The number of benzene rings is 1. The molecule has 1 N–H and O–H groups in total. The Hall–Kier alpha value is -1.56. The van der Waals surface area contributed by atoms with E-state index in [4.69, 9.17) is 4.74 Å². The fourth-order valence-corrected chi connectivity index (χ4v) is 2.17. The number of rotatable bonds is 6. The van der Waals surface area contributed by atoms with Crippen molar-refractivity contribution in [2.24, 2.45) is 5.41 Å². The van der Waals surface area contributed by atoms with E-state index in [1.165, 1.54) is 6.07 Å². The third kappa shape index (κ3) is 6.60. The summed E-state index contributed by atoms with van der Waals surface area (Å²) in [6.07, 6.45) is -4.18. The predicted molar refractivity (Wildman–Crippen MR) is 82.8 cm³/mol. The molecule has 1 atom stereocenters. The zero-order valence-corrected chi connectivity index (χ0v) is 14.0. The van der Waals surface area contributed by atoms with Gasteiger partial charge in [-0.1, -0.05) is 39.0 Å². The van der Waals surface area contributed by atoms with Gasteiger partial charge in [-0.05, 0) is 24.0 Å². The van der Waals surface area contributed by atoms with Gasteiger partial charge in [0, 0.05) is 12.6 Å². The number of hydrogen-bond donors (Lipinski definition) is 1. The molecule has 1 rings (SSSR count). The first kappa shape index (κ1) is 19.5. The SMILES string of the molecule is CCOC(=O)CC(NCc1cccc(C(F)(F)F)c1)C(C)(C)C. The minimum Gasteiger partial charge on any atom is -0.466 e. The fraction of sp³-hybridized carbons (Fsp3) is 0.588. The average Bonchev–Trinajstić information content (AvgIpc) is 2.42. The van der Waals surface area contributed by atoms with Gasteiger partial charge >= 0.3 is 12.1 Å². The lowest BCUT2D eigenvalue weighted by atomic mass is 9.84. The van der Waals surface area contributed by atoms with Gasteiger partial charge in [-0.15, -0.1) is 0 Å². The van der Waals surface area contributed by atoms with Gasteiger partial charge in [0.05, 0.1) is 18.6 Å². The zero-order chi connectivity index (χ0) is 17.7. The molecule has 0 bridgehead atoms. The molecular weight excluding hydrogens is 307 g/mol.